The highest BCUT2D eigenvalue weighted by Crippen LogP contribution is 2.38. The minimum atomic E-state index is -2.88. The summed E-state index contributed by atoms with van der Waals surface area (Å²) in [6.07, 6.45) is 5.68. The molecule has 2 rings (SSSR count). The van der Waals surface area contributed by atoms with Gasteiger partial charge in [0.05, 0.1) is 0 Å². The highest BCUT2D eigenvalue weighted by Gasteiger charge is 2.32. The van der Waals surface area contributed by atoms with Crippen LogP contribution in [0.25, 0.3) is 0 Å². The number of carbonyl (C=O) groups is 1. The number of hydrogen-bond donors (Lipinski definition) is 2. The molecule has 0 spiro atoms. The summed E-state index contributed by atoms with van der Waals surface area (Å²) in [6, 6.07) is 6.02. The zero-order chi connectivity index (χ0) is 16.0. The summed E-state index contributed by atoms with van der Waals surface area (Å²) in [5.74, 6) is -0.111. The number of benzene rings is 1. The Balaban J connectivity index is 0.00000264. The van der Waals surface area contributed by atoms with Crippen molar-refractivity contribution >= 4 is 24.0 Å². The van der Waals surface area contributed by atoms with Gasteiger partial charge in [-0.2, -0.15) is 8.78 Å². The van der Waals surface area contributed by atoms with Crippen molar-refractivity contribution in [2.24, 2.45) is 11.1 Å². The average Bonchev–Trinajstić information content (AvgIpc) is 2.47. The summed E-state index contributed by atoms with van der Waals surface area (Å²) < 4.78 is 28.7. The summed E-state index contributed by atoms with van der Waals surface area (Å²) in [5, 5.41) is 2.74. The first-order chi connectivity index (χ1) is 10.5. The first-order valence-electron chi connectivity index (χ1n) is 7.58. The lowest BCUT2D eigenvalue weighted by molar-refractivity contribution is -0.118. The van der Waals surface area contributed by atoms with Crippen LogP contribution in [0.4, 0.5) is 14.5 Å². The van der Waals surface area contributed by atoms with Crippen LogP contribution in [0.2, 0.25) is 0 Å². The maximum atomic E-state index is 12.2. The van der Waals surface area contributed by atoms with Crippen LogP contribution in [0.3, 0.4) is 0 Å². The van der Waals surface area contributed by atoms with Gasteiger partial charge in [0.15, 0.2) is 0 Å². The first-order valence-corrected chi connectivity index (χ1v) is 7.58. The lowest BCUT2D eigenvalue weighted by Crippen LogP contribution is -2.36. The van der Waals surface area contributed by atoms with Crippen LogP contribution in [0.5, 0.6) is 5.75 Å². The van der Waals surface area contributed by atoms with E-state index in [1.54, 1.807) is 12.1 Å². The molecule has 0 heterocycles. The Labute approximate surface area is 141 Å². The molecule has 1 aromatic rings. The van der Waals surface area contributed by atoms with Gasteiger partial charge in [-0.05, 0) is 36.9 Å². The molecule has 1 saturated carbocycles. The molecule has 23 heavy (non-hydrogen) atoms. The van der Waals surface area contributed by atoms with Crippen molar-refractivity contribution in [2.45, 2.75) is 45.1 Å². The third kappa shape index (κ3) is 5.95. The number of rotatable bonds is 6. The van der Waals surface area contributed by atoms with Crippen molar-refractivity contribution in [2.75, 3.05) is 11.9 Å². The van der Waals surface area contributed by atoms with E-state index < -0.39 is 6.61 Å². The fourth-order valence-corrected chi connectivity index (χ4v) is 3.05. The molecule has 0 radical (unpaired) electrons. The predicted octanol–water partition coefficient (Wildman–Crippen LogP) is 3.95. The van der Waals surface area contributed by atoms with Gasteiger partial charge in [0.2, 0.25) is 5.91 Å². The molecule has 0 saturated heterocycles. The van der Waals surface area contributed by atoms with E-state index in [9.17, 15) is 13.6 Å². The fraction of sp³-hybridized carbons (Fsp3) is 0.562. The summed E-state index contributed by atoms with van der Waals surface area (Å²) in [6.45, 7) is -2.39. The Kier molecular flexibility index (Phi) is 7.72. The normalized spacial score (nSPS) is 16.5. The van der Waals surface area contributed by atoms with Gasteiger partial charge in [0.1, 0.15) is 5.75 Å². The highest BCUT2D eigenvalue weighted by atomic mass is 35.5. The number of hydrogen-bond acceptors (Lipinski definition) is 3. The Bertz CT molecular complexity index is 509. The SMILES string of the molecule is Cl.NCC1(CC(=O)Nc2cccc(OC(F)F)c2)CCCCC1. The largest absolute Gasteiger partial charge is 0.435 e. The average molecular weight is 349 g/mol. The van der Waals surface area contributed by atoms with Crippen molar-refractivity contribution in [3.63, 3.8) is 0 Å². The van der Waals surface area contributed by atoms with Gasteiger partial charge in [-0.3, -0.25) is 4.79 Å². The lowest BCUT2D eigenvalue weighted by Gasteiger charge is -2.35. The minimum absolute atomic E-state index is 0. The summed E-state index contributed by atoms with van der Waals surface area (Å²) in [5.41, 5.74) is 6.20. The zero-order valence-electron chi connectivity index (χ0n) is 12.9. The molecule has 1 fully saturated rings. The molecule has 1 aliphatic carbocycles. The van der Waals surface area contributed by atoms with Crippen LogP contribution in [0.15, 0.2) is 24.3 Å². The second-order valence-corrected chi connectivity index (χ2v) is 5.90. The maximum absolute atomic E-state index is 12.2. The van der Waals surface area contributed by atoms with Crippen LogP contribution in [-0.4, -0.2) is 19.1 Å². The van der Waals surface area contributed by atoms with E-state index in [-0.39, 0.29) is 29.5 Å². The molecule has 0 atom stereocenters. The van der Waals surface area contributed by atoms with E-state index in [2.05, 4.69) is 10.1 Å². The topological polar surface area (TPSA) is 64.4 Å². The molecular formula is C16H23ClF2N2O2. The monoisotopic (exact) mass is 348 g/mol. The van der Waals surface area contributed by atoms with Crippen LogP contribution >= 0.6 is 12.4 Å². The lowest BCUT2D eigenvalue weighted by atomic mass is 9.71. The Morgan fingerprint density at radius 1 is 1.30 bits per heavy atom. The van der Waals surface area contributed by atoms with E-state index >= 15 is 0 Å². The molecule has 0 aliphatic heterocycles. The third-order valence-corrected chi connectivity index (χ3v) is 4.23. The van der Waals surface area contributed by atoms with Gasteiger partial charge < -0.3 is 15.8 Å². The van der Waals surface area contributed by atoms with E-state index in [0.717, 1.165) is 25.7 Å². The van der Waals surface area contributed by atoms with Gasteiger partial charge in [-0.15, -0.1) is 12.4 Å². The van der Waals surface area contributed by atoms with Crippen molar-refractivity contribution in [1.82, 2.24) is 0 Å². The quantitative estimate of drug-likeness (QED) is 0.818. The van der Waals surface area contributed by atoms with Crippen LogP contribution in [0, 0.1) is 5.41 Å². The van der Waals surface area contributed by atoms with Crippen molar-refractivity contribution in [3.8, 4) is 5.75 Å². The number of nitrogens with two attached hydrogens (primary N) is 1. The standard InChI is InChI=1S/C16H22F2N2O2.ClH/c17-15(18)22-13-6-4-5-12(9-13)20-14(21)10-16(11-19)7-2-1-3-8-16;/h4-6,9,15H,1-3,7-8,10-11,19H2,(H,20,21);1H. The second kappa shape index (κ2) is 9.03. The second-order valence-electron chi connectivity index (χ2n) is 5.90. The molecule has 7 heteroatoms. The number of alkyl halides is 2. The van der Waals surface area contributed by atoms with Gasteiger partial charge >= 0.3 is 6.61 Å². The van der Waals surface area contributed by atoms with E-state index in [4.69, 9.17) is 5.73 Å². The van der Waals surface area contributed by atoms with Crippen LogP contribution < -0.4 is 15.8 Å². The van der Waals surface area contributed by atoms with E-state index in [1.165, 1.54) is 18.6 Å². The summed E-state index contributed by atoms with van der Waals surface area (Å²) in [7, 11) is 0. The predicted molar refractivity (Wildman–Crippen MR) is 88.1 cm³/mol. The fourth-order valence-electron chi connectivity index (χ4n) is 3.05. The molecule has 0 aromatic heterocycles. The summed E-state index contributed by atoms with van der Waals surface area (Å²) in [4.78, 5) is 12.2. The van der Waals surface area contributed by atoms with Gasteiger partial charge in [-0.25, -0.2) is 0 Å². The number of nitrogens with one attached hydrogen (secondary N) is 1. The molecule has 0 unspecified atom stereocenters. The molecule has 4 nitrogen and oxygen atoms in total. The Hall–Kier alpha value is -1.40. The molecule has 130 valence electrons. The van der Waals surface area contributed by atoms with Crippen molar-refractivity contribution < 1.29 is 18.3 Å². The number of carbonyl (C=O) groups excluding carboxylic acids is 1. The third-order valence-electron chi connectivity index (χ3n) is 4.23. The number of halogens is 3. The molecular weight excluding hydrogens is 326 g/mol. The van der Waals surface area contributed by atoms with Gasteiger partial charge in [0, 0.05) is 18.2 Å². The highest BCUT2D eigenvalue weighted by molar-refractivity contribution is 5.91. The Morgan fingerprint density at radius 2 is 2.00 bits per heavy atom. The van der Waals surface area contributed by atoms with Crippen molar-refractivity contribution in [3.05, 3.63) is 24.3 Å². The van der Waals surface area contributed by atoms with Gasteiger partial charge in [-0.1, -0.05) is 25.3 Å². The molecule has 1 aliphatic rings. The minimum Gasteiger partial charge on any atom is -0.435 e. The first kappa shape index (κ1) is 19.6. The zero-order valence-corrected chi connectivity index (χ0v) is 13.7. The van der Waals surface area contributed by atoms with Crippen LogP contribution in [-0.2, 0) is 4.79 Å². The van der Waals surface area contributed by atoms with Crippen LogP contribution in [0.1, 0.15) is 38.5 Å². The van der Waals surface area contributed by atoms with Gasteiger partial charge in [0.25, 0.3) is 0 Å². The molecule has 1 amide bonds. The smallest absolute Gasteiger partial charge is 0.387 e. The van der Waals surface area contributed by atoms with E-state index in [1.807, 2.05) is 0 Å². The number of anilines is 1. The number of amides is 1. The molecule has 0 bridgehead atoms. The van der Waals surface area contributed by atoms with Crippen molar-refractivity contribution in [1.29, 1.82) is 0 Å². The maximum Gasteiger partial charge on any atom is 0.387 e. The number of ether oxygens (including phenoxy) is 1. The van der Waals surface area contributed by atoms with E-state index in [0.29, 0.717) is 18.7 Å². The molecule has 3 N–H and O–H groups in total. The molecule has 1 aromatic carbocycles. The Morgan fingerprint density at radius 3 is 2.61 bits per heavy atom. The summed E-state index contributed by atoms with van der Waals surface area (Å²) >= 11 is 0.